The molecule has 0 heterocycles. The van der Waals surface area contributed by atoms with Crippen LogP contribution < -0.4 is 4.74 Å². The van der Waals surface area contributed by atoms with E-state index >= 15 is 0 Å². The van der Waals surface area contributed by atoms with E-state index in [1.165, 1.54) is 12.1 Å². The lowest BCUT2D eigenvalue weighted by atomic mass is 10.3. The van der Waals surface area contributed by atoms with E-state index in [1.54, 1.807) is 0 Å². The summed E-state index contributed by atoms with van der Waals surface area (Å²) in [4.78, 5) is 0. The molecule has 0 spiro atoms. The Bertz CT molecular complexity index is 315. The summed E-state index contributed by atoms with van der Waals surface area (Å²) in [5.74, 6) is -2.16. The fraction of sp³-hybridized carbons (Fsp3) is 0.400. The molecule has 0 bridgehead atoms. The van der Waals surface area contributed by atoms with Crippen LogP contribution in [0.25, 0.3) is 0 Å². The van der Waals surface area contributed by atoms with Crippen molar-refractivity contribution in [2.24, 2.45) is 0 Å². The lowest BCUT2D eigenvalue weighted by molar-refractivity contribution is 0.289. The minimum absolute atomic E-state index is 0.0830. The van der Waals surface area contributed by atoms with Crippen molar-refractivity contribution >= 4 is 11.6 Å². The molecule has 0 fully saturated rings. The van der Waals surface area contributed by atoms with Crippen LogP contribution in [0.15, 0.2) is 12.1 Å². The molecule has 0 saturated carbocycles. The summed E-state index contributed by atoms with van der Waals surface area (Å²) in [5, 5.41) is -0.231. The van der Waals surface area contributed by atoms with E-state index < -0.39 is 11.6 Å². The predicted molar refractivity (Wildman–Crippen MR) is 51.8 cm³/mol. The Kier molecular flexibility index (Phi) is 4.14. The van der Waals surface area contributed by atoms with Crippen molar-refractivity contribution in [3.8, 4) is 5.75 Å². The monoisotopic (exact) mass is 220 g/mol. The average Bonchev–Trinajstić information content (AvgIpc) is 2.18. The maximum absolute atomic E-state index is 13.1. The highest BCUT2D eigenvalue weighted by Crippen LogP contribution is 2.25. The van der Waals surface area contributed by atoms with Crippen LogP contribution in [0, 0.1) is 11.6 Å². The molecule has 4 heteroatoms. The Hall–Kier alpha value is -0.830. The van der Waals surface area contributed by atoms with E-state index in [9.17, 15) is 8.78 Å². The summed E-state index contributed by atoms with van der Waals surface area (Å²) in [6.07, 6.45) is 1.75. The molecule has 0 aliphatic carbocycles. The molecule has 0 aromatic heterocycles. The number of benzene rings is 1. The molecular weight excluding hydrogens is 210 g/mol. The molecule has 14 heavy (non-hydrogen) atoms. The lowest BCUT2D eigenvalue weighted by Gasteiger charge is -2.07. The summed E-state index contributed by atoms with van der Waals surface area (Å²) in [5.41, 5.74) is 0. The number of hydrogen-bond donors (Lipinski definition) is 0. The minimum atomic E-state index is -1.05. The molecule has 0 unspecified atom stereocenters. The van der Waals surface area contributed by atoms with E-state index in [2.05, 4.69) is 0 Å². The molecule has 1 rings (SSSR count). The molecule has 78 valence electrons. The van der Waals surface area contributed by atoms with Gasteiger partial charge in [-0.3, -0.25) is 0 Å². The third-order valence-corrected chi connectivity index (χ3v) is 2.05. The van der Waals surface area contributed by atoms with Crippen LogP contribution in [0.2, 0.25) is 5.02 Å². The number of unbranched alkanes of at least 4 members (excludes halogenated alkanes) is 1. The molecule has 0 aliphatic rings. The van der Waals surface area contributed by atoms with Crippen LogP contribution in [0.5, 0.6) is 5.75 Å². The number of halogens is 3. The molecule has 0 atom stereocenters. The van der Waals surface area contributed by atoms with Gasteiger partial charge in [0.2, 0.25) is 5.82 Å². The van der Waals surface area contributed by atoms with Gasteiger partial charge in [0, 0.05) is 0 Å². The van der Waals surface area contributed by atoms with Gasteiger partial charge in [0.05, 0.1) is 11.6 Å². The van der Waals surface area contributed by atoms with Crippen LogP contribution in [0.4, 0.5) is 8.78 Å². The highest BCUT2D eigenvalue weighted by molar-refractivity contribution is 6.30. The lowest BCUT2D eigenvalue weighted by Crippen LogP contribution is -2.00. The third-order valence-electron chi connectivity index (χ3n) is 1.76. The molecule has 1 aromatic carbocycles. The highest BCUT2D eigenvalue weighted by Gasteiger charge is 2.12. The quantitative estimate of drug-likeness (QED) is 0.554. The SMILES string of the molecule is CCCCOc1ccc(Cl)c(F)c1F. The van der Waals surface area contributed by atoms with Gasteiger partial charge in [0.15, 0.2) is 11.6 Å². The van der Waals surface area contributed by atoms with Crippen LogP contribution in [-0.4, -0.2) is 6.61 Å². The standard InChI is InChI=1S/C10H11ClF2O/c1-2-3-6-14-8-5-4-7(11)9(12)10(8)13/h4-5H,2-3,6H2,1H3. The van der Waals surface area contributed by atoms with Gasteiger partial charge in [0.1, 0.15) is 0 Å². The van der Waals surface area contributed by atoms with Crippen LogP contribution in [0.1, 0.15) is 19.8 Å². The molecule has 0 amide bonds. The fourth-order valence-corrected chi connectivity index (χ4v) is 1.09. The van der Waals surface area contributed by atoms with Gasteiger partial charge in [-0.2, -0.15) is 4.39 Å². The van der Waals surface area contributed by atoms with Crippen LogP contribution in [-0.2, 0) is 0 Å². The summed E-state index contributed by atoms with van der Waals surface area (Å²) < 4.78 is 31.1. The second kappa shape index (κ2) is 5.15. The zero-order chi connectivity index (χ0) is 10.6. The molecule has 1 nitrogen and oxygen atoms in total. The molecule has 1 aromatic rings. The molecular formula is C10H11ClF2O. The van der Waals surface area contributed by atoms with Gasteiger partial charge in [-0.1, -0.05) is 24.9 Å². The van der Waals surface area contributed by atoms with Gasteiger partial charge in [-0.15, -0.1) is 0 Å². The van der Waals surface area contributed by atoms with Gasteiger partial charge >= 0.3 is 0 Å². The van der Waals surface area contributed by atoms with Crippen LogP contribution >= 0.6 is 11.6 Å². The molecule has 0 saturated heterocycles. The van der Waals surface area contributed by atoms with Crippen LogP contribution in [0.3, 0.4) is 0 Å². The molecule has 0 aliphatic heterocycles. The summed E-state index contributed by atoms with van der Waals surface area (Å²) >= 11 is 5.38. The zero-order valence-electron chi connectivity index (χ0n) is 7.82. The molecule has 0 N–H and O–H groups in total. The minimum Gasteiger partial charge on any atom is -0.490 e. The summed E-state index contributed by atoms with van der Waals surface area (Å²) in [7, 11) is 0. The Morgan fingerprint density at radius 2 is 2.00 bits per heavy atom. The largest absolute Gasteiger partial charge is 0.490 e. The fourth-order valence-electron chi connectivity index (χ4n) is 0.946. The first-order valence-corrected chi connectivity index (χ1v) is 4.81. The maximum Gasteiger partial charge on any atom is 0.202 e. The highest BCUT2D eigenvalue weighted by atomic mass is 35.5. The zero-order valence-corrected chi connectivity index (χ0v) is 8.57. The van der Waals surface area contributed by atoms with Gasteiger partial charge in [0.25, 0.3) is 0 Å². The number of ether oxygens (including phenoxy) is 1. The van der Waals surface area contributed by atoms with Crippen molar-refractivity contribution in [1.29, 1.82) is 0 Å². The van der Waals surface area contributed by atoms with E-state index in [0.29, 0.717) is 6.61 Å². The van der Waals surface area contributed by atoms with Crippen molar-refractivity contribution in [3.63, 3.8) is 0 Å². The van der Waals surface area contributed by atoms with Crippen molar-refractivity contribution in [3.05, 3.63) is 28.8 Å². The van der Waals surface area contributed by atoms with Crippen molar-refractivity contribution in [2.45, 2.75) is 19.8 Å². The Morgan fingerprint density at radius 3 is 2.64 bits per heavy atom. The summed E-state index contributed by atoms with van der Waals surface area (Å²) in [6, 6.07) is 2.61. The normalized spacial score (nSPS) is 10.3. The first kappa shape index (κ1) is 11.2. The number of rotatable bonds is 4. The average molecular weight is 221 g/mol. The van der Waals surface area contributed by atoms with E-state index in [-0.39, 0.29) is 10.8 Å². The van der Waals surface area contributed by atoms with Crippen molar-refractivity contribution in [1.82, 2.24) is 0 Å². The topological polar surface area (TPSA) is 9.23 Å². The first-order chi connectivity index (χ1) is 6.66. The van der Waals surface area contributed by atoms with Crippen molar-refractivity contribution in [2.75, 3.05) is 6.61 Å². The maximum atomic E-state index is 13.1. The smallest absolute Gasteiger partial charge is 0.202 e. The summed E-state index contributed by atoms with van der Waals surface area (Å²) in [6.45, 7) is 2.37. The number of hydrogen-bond acceptors (Lipinski definition) is 1. The Balaban J connectivity index is 2.73. The van der Waals surface area contributed by atoms with Gasteiger partial charge in [-0.25, -0.2) is 4.39 Å². The van der Waals surface area contributed by atoms with Gasteiger partial charge < -0.3 is 4.74 Å². The van der Waals surface area contributed by atoms with Gasteiger partial charge in [-0.05, 0) is 18.6 Å². The third kappa shape index (κ3) is 2.58. The van der Waals surface area contributed by atoms with E-state index in [4.69, 9.17) is 16.3 Å². The Labute approximate surface area is 86.6 Å². The Morgan fingerprint density at radius 1 is 1.29 bits per heavy atom. The first-order valence-electron chi connectivity index (χ1n) is 4.43. The van der Waals surface area contributed by atoms with E-state index in [0.717, 1.165) is 12.8 Å². The second-order valence-electron chi connectivity index (χ2n) is 2.88. The molecule has 0 radical (unpaired) electrons. The van der Waals surface area contributed by atoms with Crippen molar-refractivity contribution < 1.29 is 13.5 Å². The second-order valence-corrected chi connectivity index (χ2v) is 3.28. The predicted octanol–water partition coefficient (Wildman–Crippen LogP) is 3.80. The van der Waals surface area contributed by atoms with E-state index in [1.807, 2.05) is 6.92 Å².